The van der Waals surface area contributed by atoms with Crippen LogP contribution in [0.25, 0.3) is 107 Å². The Hall–Kier alpha value is -11.9. The molecule has 0 aliphatic carbocycles. The predicted octanol–water partition coefficient (Wildman–Crippen LogP) is 22.1. The second-order valence-electron chi connectivity index (χ2n) is 32.1. The van der Waals surface area contributed by atoms with Crippen LogP contribution in [0.5, 0.6) is 0 Å². The molecule has 5 heterocycles. The molecule has 0 amide bonds. The molecule has 2 aliphatic rings. The van der Waals surface area contributed by atoms with Gasteiger partial charge >= 0.3 is 0 Å². The molecule has 17 rings (SSSR count). The molecule has 0 unspecified atom stereocenters. The summed E-state index contributed by atoms with van der Waals surface area (Å²) in [6, 6.07) is 101. The Morgan fingerprint density at radius 1 is 0.250 bits per heavy atom. The molecule has 0 spiro atoms. The van der Waals surface area contributed by atoms with Crippen LogP contribution in [-0.4, -0.2) is 41.2 Å². The van der Waals surface area contributed by atoms with Crippen molar-refractivity contribution < 1.29 is 0 Å². The maximum atomic E-state index is 5.42. The van der Waals surface area contributed by atoms with Crippen LogP contribution in [0.4, 0.5) is 34.1 Å². The van der Waals surface area contributed by atoms with Crippen LogP contribution in [0.2, 0.25) is 0 Å². The Morgan fingerprint density at radius 2 is 0.615 bits per heavy atom. The van der Waals surface area contributed by atoms with Gasteiger partial charge in [-0.15, -0.1) is 0 Å². The Bertz CT molecular complexity index is 5530. The summed E-state index contributed by atoms with van der Waals surface area (Å²) in [5, 5.41) is 2.24. The van der Waals surface area contributed by atoms with E-state index in [2.05, 4.69) is 255 Å². The standard InChI is InChI=1S/C94H82BN9/c1-91(2,3)65-52-66(92(4,5)6)55-70(54-65)103-80-43-29-26-40-76(80)95-77-41-27-30-44-81(77)104(71-56-67(93(7,8)9)53-68(57-71)94(10,11)12)83-51-64(50-82(103)84(83)95)63-45-48-79-74(49-63)72-39-25-28-42-78(72)102(79)69-46-47-73(89-98-85(59-31-17-13-18-32-59)96-86(99-89)60-33-19-14-20-34-60)75(58-69)90-100-87(61-35-21-15-22-36-61)97-88(101-90)62-37-23-16-24-38-62/h13-58H,1-12H3. The summed E-state index contributed by atoms with van der Waals surface area (Å²) in [6.45, 7) is 28.0. The molecule has 3 aromatic heterocycles. The normalized spacial score (nSPS) is 12.9. The molecule has 9 nitrogen and oxygen atoms in total. The van der Waals surface area contributed by atoms with Gasteiger partial charge in [-0.3, -0.25) is 0 Å². The fourth-order valence-electron chi connectivity index (χ4n) is 15.2. The predicted molar refractivity (Wildman–Crippen MR) is 434 cm³/mol. The third-order valence-corrected chi connectivity index (χ3v) is 20.8. The van der Waals surface area contributed by atoms with E-state index in [0.29, 0.717) is 34.9 Å². The minimum Gasteiger partial charge on any atom is -0.311 e. The average molecular weight is 1350 g/mol. The zero-order chi connectivity index (χ0) is 71.6. The monoisotopic (exact) mass is 1350 g/mol. The topological polar surface area (TPSA) is 88.8 Å². The van der Waals surface area contributed by atoms with Gasteiger partial charge in [0.15, 0.2) is 34.9 Å². The molecule has 10 heteroatoms. The molecule has 104 heavy (non-hydrogen) atoms. The quantitative estimate of drug-likeness (QED) is 0.125. The molecule has 0 atom stereocenters. The number of hydrogen-bond donors (Lipinski definition) is 0. The molecule has 0 radical (unpaired) electrons. The van der Waals surface area contributed by atoms with Gasteiger partial charge in [0, 0.05) is 84.0 Å². The van der Waals surface area contributed by atoms with Crippen molar-refractivity contribution in [2.75, 3.05) is 9.80 Å². The minimum atomic E-state index is -0.121. The second kappa shape index (κ2) is 25.0. The lowest BCUT2D eigenvalue weighted by Gasteiger charge is -2.45. The number of para-hydroxylation sites is 3. The van der Waals surface area contributed by atoms with Crippen molar-refractivity contribution in [1.29, 1.82) is 0 Å². The lowest BCUT2D eigenvalue weighted by molar-refractivity contribution is 0.568. The lowest BCUT2D eigenvalue weighted by Crippen LogP contribution is -2.61. The van der Waals surface area contributed by atoms with Gasteiger partial charge in [-0.05, 0) is 156 Å². The maximum absolute atomic E-state index is 5.42. The van der Waals surface area contributed by atoms with Crippen molar-refractivity contribution in [3.8, 4) is 85.1 Å². The number of rotatable bonds is 10. The minimum absolute atomic E-state index is 0.0548. The maximum Gasteiger partial charge on any atom is 0.252 e. The summed E-state index contributed by atoms with van der Waals surface area (Å²) in [7, 11) is 0. The Morgan fingerprint density at radius 3 is 1.04 bits per heavy atom. The highest BCUT2D eigenvalue weighted by molar-refractivity contribution is 7.00. The molecular weight excluding hydrogens is 1270 g/mol. The first-order chi connectivity index (χ1) is 50.1. The third-order valence-electron chi connectivity index (χ3n) is 20.8. The highest BCUT2D eigenvalue weighted by Crippen LogP contribution is 2.50. The fourth-order valence-corrected chi connectivity index (χ4v) is 15.2. The number of anilines is 6. The van der Waals surface area contributed by atoms with E-state index in [-0.39, 0.29) is 28.4 Å². The number of aromatic nitrogens is 7. The summed E-state index contributed by atoms with van der Waals surface area (Å²) in [5.41, 5.74) is 25.8. The lowest BCUT2D eigenvalue weighted by atomic mass is 9.33. The Kier molecular flexibility index (Phi) is 15.7. The van der Waals surface area contributed by atoms with Crippen LogP contribution >= 0.6 is 0 Å². The fraction of sp³-hybridized carbons (Fsp3) is 0.170. The SMILES string of the molecule is CC(C)(C)c1cc(N2c3ccccc3B3c4ccccc4N(c4cc(C(C)(C)C)cc(C(C)(C)C)c4)c4cc(-c5ccc6c(c5)c5ccccc5n6-c5ccc(-c6nc(-c7ccccc7)nc(-c7ccccc7)n6)c(-c6nc(-c7ccccc7)nc(-c7ccccc7)n6)c5)cc2c43)cc(C(C)(C)C)c1. The van der Waals surface area contributed by atoms with Crippen molar-refractivity contribution >= 4 is 79.0 Å². The van der Waals surface area contributed by atoms with E-state index in [0.717, 1.165) is 83.4 Å². The van der Waals surface area contributed by atoms with E-state index < -0.39 is 0 Å². The zero-order valence-electron chi connectivity index (χ0n) is 61.2. The smallest absolute Gasteiger partial charge is 0.252 e. The van der Waals surface area contributed by atoms with E-state index in [4.69, 9.17) is 29.9 Å². The van der Waals surface area contributed by atoms with Gasteiger partial charge in [-0.2, -0.15) is 0 Å². The molecule has 0 fully saturated rings. The second-order valence-corrected chi connectivity index (χ2v) is 32.1. The van der Waals surface area contributed by atoms with Gasteiger partial charge in [0.2, 0.25) is 0 Å². The average Bonchev–Trinajstić information content (AvgIpc) is 0.802. The first-order valence-electron chi connectivity index (χ1n) is 36.3. The van der Waals surface area contributed by atoms with Gasteiger partial charge in [-0.25, -0.2) is 29.9 Å². The van der Waals surface area contributed by atoms with E-state index in [1.807, 2.05) is 121 Å². The number of nitrogens with zero attached hydrogens (tertiary/aromatic N) is 9. The number of benzene rings is 12. The molecule has 506 valence electrons. The summed E-state index contributed by atoms with van der Waals surface area (Å²) < 4.78 is 2.39. The number of fused-ring (bicyclic) bond motifs is 7. The van der Waals surface area contributed by atoms with Crippen molar-refractivity contribution in [1.82, 2.24) is 34.5 Å². The Balaban J connectivity index is 0.917. The van der Waals surface area contributed by atoms with Gasteiger partial charge < -0.3 is 14.4 Å². The van der Waals surface area contributed by atoms with Crippen molar-refractivity contribution in [3.63, 3.8) is 0 Å². The van der Waals surface area contributed by atoms with E-state index in [1.165, 1.54) is 61.4 Å². The van der Waals surface area contributed by atoms with Crippen molar-refractivity contribution in [2.24, 2.45) is 0 Å². The molecule has 12 aromatic carbocycles. The first kappa shape index (κ1) is 65.4. The summed E-state index contributed by atoms with van der Waals surface area (Å²) in [5.74, 6) is 3.18. The van der Waals surface area contributed by atoms with Crippen molar-refractivity contribution in [2.45, 2.75) is 105 Å². The molecule has 0 saturated carbocycles. The van der Waals surface area contributed by atoms with Crippen LogP contribution in [0.3, 0.4) is 0 Å². The molecule has 0 N–H and O–H groups in total. The van der Waals surface area contributed by atoms with Crippen LogP contribution < -0.4 is 26.2 Å². The Labute approximate surface area is 610 Å². The van der Waals surface area contributed by atoms with Gasteiger partial charge in [0.1, 0.15) is 0 Å². The molecule has 15 aromatic rings. The van der Waals surface area contributed by atoms with Crippen LogP contribution in [0.1, 0.15) is 105 Å². The van der Waals surface area contributed by atoms with Crippen LogP contribution in [-0.2, 0) is 21.7 Å². The van der Waals surface area contributed by atoms with Gasteiger partial charge in [0.25, 0.3) is 6.71 Å². The third kappa shape index (κ3) is 11.7. The van der Waals surface area contributed by atoms with Gasteiger partial charge in [0.05, 0.1) is 11.0 Å². The summed E-state index contributed by atoms with van der Waals surface area (Å²) in [6.07, 6.45) is 0. The molecule has 2 aliphatic heterocycles. The highest BCUT2D eigenvalue weighted by atomic mass is 15.2. The first-order valence-corrected chi connectivity index (χ1v) is 36.3. The molecular formula is C94H82BN9. The zero-order valence-corrected chi connectivity index (χ0v) is 61.2. The van der Waals surface area contributed by atoms with Crippen LogP contribution in [0, 0.1) is 0 Å². The highest BCUT2D eigenvalue weighted by Gasteiger charge is 2.44. The summed E-state index contributed by atoms with van der Waals surface area (Å²) in [4.78, 5) is 37.0. The van der Waals surface area contributed by atoms with E-state index >= 15 is 0 Å². The molecule has 0 saturated heterocycles. The van der Waals surface area contributed by atoms with E-state index in [9.17, 15) is 0 Å². The molecule has 0 bridgehead atoms. The van der Waals surface area contributed by atoms with Gasteiger partial charge in [-0.1, -0.05) is 277 Å². The van der Waals surface area contributed by atoms with Crippen molar-refractivity contribution in [3.05, 3.63) is 301 Å². The van der Waals surface area contributed by atoms with Crippen LogP contribution in [0.15, 0.2) is 279 Å². The summed E-state index contributed by atoms with van der Waals surface area (Å²) >= 11 is 0. The van der Waals surface area contributed by atoms with E-state index in [1.54, 1.807) is 0 Å². The largest absolute Gasteiger partial charge is 0.311 e. The number of hydrogen-bond acceptors (Lipinski definition) is 8.